The highest BCUT2D eigenvalue weighted by Crippen LogP contribution is 2.24. The van der Waals surface area contributed by atoms with Crippen LogP contribution in [0.25, 0.3) is 6.08 Å². The molecule has 0 unspecified atom stereocenters. The van der Waals surface area contributed by atoms with E-state index in [2.05, 4.69) is 20.7 Å². The van der Waals surface area contributed by atoms with E-state index in [0.717, 1.165) is 16.5 Å². The van der Waals surface area contributed by atoms with Crippen LogP contribution >= 0.6 is 15.9 Å². The minimum Gasteiger partial charge on any atom is -0.279 e. The molecule has 0 amide bonds. The van der Waals surface area contributed by atoms with E-state index in [-0.39, 0.29) is 0 Å². The van der Waals surface area contributed by atoms with Crippen LogP contribution < -0.4 is 4.72 Å². The summed E-state index contributed by atoms with van der Waals surface area (Å²) >= 11 is 3.34. The lowest BCUT2D eigenvalue weighted by molar-refractivity contribution is 0.609. The first-order valence-corrected chi connectivity index (χ1v) is 8.32. The SMILES string of the molecule is Cc1ccc(NS(=O)(=O)/C=C/c2ccccc2)c(Br)c1. The molecule has 0 atom stereocenters. The van der Waals surface area contributed by atoms with E-state index in [4.69, 9.17) is 0 Å². The van der Waals surface area contributed by atoms with Crippen LogP contribution in [0.2, 0.25) is 0 Å². The van der Waals surface area contributed by atoms with Crippen molar-refractivity contribution < 1.29 is 8.42 Å². The second kappa shape index (κ2) is 6.24. The first-order chi connectivity index (χ1) is 9.46. The average molecular weight is 352 g/mol. The fraction of sp³-hybridized carbons (Fsp3) is 0.0667. The van der Waals surface area contributed by atoms with Crippen molar-refractivity contribution in [2.75, 3.05) is 4.72 Å². The van der Waals surface area contributed by atoms with Gasteiger partial charge in [0.1, 0.15) is 0 Å². The second-order valence-electron chi connectivity index (χ2n) is 4.34. The van der Waals surface area contributed by atoms with Crippen LogP contribution in [0, 0.1) is 6.92 Å². The van der Waals surface area contributed by atoms with Gasteiger partial charge in [0.15, 0.2) is 0 Å². The summed E-state index contributed by atoms with van der Waals surface area (Å²) in [5.74, 6) is 0. The Morgan fingerprint density at radius 3 is 2.45 bits per heavy atom. The van der Waals surface area contributed by atoms with E-state index in [1.54, 1.807) is 12.1 Å². The molecule has 20 heavy (non-hydrogen) atoms. The monoisotopic (exact) mass is 351 g/mol. The van der Waals surface area contributed by atoms with Gasteiger partial charge in [0.2, 0.25) is 0 Å². The predicted molar refractivity (Wildman–Crippen MR) is 86.9 cm³/mol. The Morgan fingerprint density at radius 1 is 1.10 bits per heavy atom. The highest BCUT2D eigenvalue weighted by Gasteiger charge is 2.08. The molecule has 0 bridgehead atoms. The fourth-order valence-electron chi connectivity index (χ4n) is 1.62. The number of hydrogen-bond acceptors (Lipinski definition) is 2. The lowest BCUT2D eigenvalue weighted by Gasteiger charge is -2.07. The highest BCUT2D eigenvalue weighted by atomic mass is 79.9. The minimum atomic E-state index is -3.53. The highest BCUT2D eigenvalue weighted by molar-refractivity contribution is 9.10. The van der Waals surface area contributed by atoms with Crippen LogP contribution in [-0.2, 0) is 10.0 Å². The molecular formula is C15H14BrNO2S. The van der Waals surface area contributed by atoms with E-state index < -0.39 is 10.0 Å². The van der Waals surface area contributed by atoms with Crippen molar-refractivity contribution >= 4 is 37.7 Å². The topological polar surface area (TPSA) is 46.2 Å². The maximum Gasteiger partial charge on any atom is 0.255 e. The zero-order valence-electron chi connectivity index (χ0n) is 10.9. The molecule has 0 radical (unpaired) electrons. The number of benzene rings is 2. The number of hydrogen-bond donors (Lipinski definition) is 1. The molecule has 0 aliphatic rings. The molecule has 2 aromatic carbocycles. The zero-order chi connectivity index (χ0) is 14.6. The van der Waals surface area contributed by atoms with Crippen molar-refractivity contribution in [3.05, 3.63) is 69.5 Å². The van der Waals surface area contributed by atoms with Crippen molar-refractivity contribution in [1.82, 2.24) is 0 Å². The van der Waals surface area contributed by atoms with Gasteiger partial charge in [0.25, 0.3) is 10.0 Å². The average Bonchev–Trinajstić information content (AvgIpc) is 2.41. The quantitative estimate of drug-likeness (QED) is 0.898. The van der Waals surface area contributed by atoms with Crippen molar-refractivity contribution in [1.29, 1.82) is 0 Å². The summed E-state index contributed by atoms with van der Waals surface area (Å²) in [4.78, 5) is 0. The van der Waals surface area contributed by atoms with Crippen LogP contribution in [0.1, 0.15) is 11.1 Å². The molecule has 0 aliphatic heterocycles. The third-order valence-corrected chi connectivity index (χ3v) is 4.27. The van der Waals surface area contributed by atoms with Gasteiger partial charge in [-0.15, -0.1) is 0 Å². The summed E-state index contributed by atoms with van der Waals surface area (Å²) in [6.07, 6.45) is 1.56. The molecule has 0 aliphatic carbocycles. The van der Waals surface area contributed by atoms with E-state index in [1.807, 2.05) is 49.4 Å². The summed E-state index contributed by atoms with van der Waals surface area (Å²) in [7, 11) is -3.53. The number of rotatable bonds is 4. The molecule has 5 heteroatoms. The van der Waals surface area contributed by atoms with Crippen molar-refractivity contribution in [3.8, 4) is 0 Å². The van der Waals surface area contributed by atoms with Crippen molar-refractivity contribution in [2.24, 2.45) is 0 Å². The van der Waals surface area contributed by atoms with Crippen LogP contribution in [0.3, 0.4) is 0 Å². The summed E-state index contributed by atoms with van der Waals surface area (Å²) < 4.78 is 27.2. The van der Waals surface area contributed by atoms with Crippen molar-refractivity contribution in [3.63, 3.8) is 0 Å². The van der Waals surface area contributed by atoms with Gasteiger partial charge in [-0.2, -0.15) is 0 Å². The molecule has 104 valence electrons. The molecular weight excluding hydrogens is 338 g/mol. The summed E-state index contributed by atoms with van der Waals surface area (Å²) in [6, 6.07) is 14.7. The van der Waals surface area contributed by atoms with E-state index in [9.17, 15) is 8.42 Å². The smallest absolute Gasteiger partial charge is 0.255 e. The van der Waals surface area contributed by atoms with Crippen LogP contribution in [0.4, 0.5) is 5.69 Å². The summed E-state index contributed by atoms with van der Waals surface area (Å²) in [6.45, 7) is 1.94. The van der Waals surface area contributed by atoms with Crippen LogP contribution in [0.15, 0.2) is 58.4 Å². The third-order valence-electron chi connectivity index (χ3n) is 2.62. The molecule has 1 N–H and O–H groups in total. The molecule has 2 aromatic rings. The molecule has 0 saturated carbocycles. The van der Waals surface area contributed by atoms with Gasteiger partial charge in [-0.3, -0.25) is 4.72 Å². The first kappa shape index (κ1) is 14.8. The zero-order valence-corrected chi connectivity index (χ0v) is 13.3. The Balaban J connectivity index is 2.17. The third kappa shape index (κ3) is 4.21. The maximum absolute atomic E-state index is 12.0. The van der Waals surface area contributed by atoms with E-state index in [0.29, 0.717) is 10.2 Å². The van der Waals surface area contributed by atoms with Gasteiger partial charge in [-0.1, -0.05) is 36.4 Å². The van der Waals surface area contributed by atoms with Gasteiger partial charge < -0.3 is 0 Å². The number of sulfonamides is 1. The standard InChI is InChI=1S/C15H14BrNO2S/c1-12-7-8-15(14(16)11-12)17-20(18,19)10-9-13-5-3-2-4-6-13/h2-11,17H,1H3/b10-9+. The Bertz CT molecular complexity index is 725. The molecule has 0 saturated heterocycles. The lowest BCUT2D eigenvalue weighted by Crippen LogP contribution is -2.09. The van der Waals surface area contributed by atoms with Gasteiger partial charge in [0, 0.05) is 4.47 Å². The van der Waals surface area contributed by atoms with Gasteiger partial charge >= 0.3 is 0 Å². The second-order valence-corrected chi connectivity index (χ2v) is 6.76. The molecule has 0 fully saturated rings. The normalized spacial score (nSPS) is 11.7. The molecule has 2 rings (SSSR count). The van der Waals surface area contributed by atoms with Crippen LogP contribution in [0.5, 0.6) is 0 Å². The van der Waals surface area contributed by atoms with Gasteiger partial charge in [0.05, 0.1) is 11.1 Å². The maximum atomic E-state index is 12.0. The number of anilines is 1. The Hall–Kier alpha value is -1.59. The Labute approximate surface area is 127 Å². The fourth-order valence-corrected chi connectivity index (χ4v) is 3.23. The molecule has 0 aromatic heterocycles. The molecule has 0 heterocycles. The first-order valence-electron chi connectivity index (χ1n) is 5.98. The predicted octanol–water partition coefficient (Wildman–Crippen LogP) is 4.17. The van der Waals surface area contributed by atoms with Crippen molar-refractivity contribution in [2.45, 2.75) is 6.92 Å². The van der Waals surface area contributed by atoms with Crippen LogP contribution in [-0.4, -0.2) is 8.42 Å². The summed E-state index contributed by atoms with van der Waals surface area (Å²) in [5.41, 5.74) is 2.41. The number of aryl methyl sites for hydroxylation is 1. The lowest BCUT2D eigenvalue weighted by atomic mass is 10.2. The number of nitrogens with one attached hydrogen (secondary N) is 1. The Kier molecular flexibility index (Phi) is 4.62. The molecule has 0 spiro atoms. The van der Waals surface area contributed by atoms with Gasteiger partial charge in [-0.25, -0.2) is 8.42 Å². The van der Waals surface area contributed by atoms with Gasteiger partial charge in [-0.05, 0) is 52.2 Å². The minimum absolute atomic E-state index is 0.522. The number of halogens is 1. The summed E-state index contributed by atoms with van der Waals surface area (Å²) in [5, 5.41) is 1.16. The van der Waals surface area contributed by atoms with E-state index in [1.165, 1.54) is 0 Å². The molecule has 3 nitrogen and oxygen atoms in total. The van der Waals surface area contributed by atoms with E-state index >= 15 is 0 Å². The Morgan fingerprint density at radius 2 is 1.80 bits per heavy atom. The largest absolute Gasteiger partial charge is 0.279 e.